The molecule has 0 atom stereocenters. The molecule has 42 valence electrons. The second-order valence-electron chi connectivity index (χ2n) is 1.64. The average Bonchev–Trinajstić information content (AvgIpc) is 1.77. The standard InChI is InChI=1S/C6H7NO.K/c1-5-2-3-7-4-6(5)8;/h2-4,8H,1H3;/q;+1/p-1. The van der Waals surface area contributed by atoms with E-state index in [0.717, 1.165) is 5.56 Å². The number of rotatable bonds is 0. The van der Waals surface area contributed by atoms with Gasteiger partial charge in [-0.25, -0.2) is 0 Å². The first-order valence-electron chi connectivity index (χ1n) is 2.38. The van der Waals surface area contributed by atoms with Crippen LogP contribution in [0.5, 0.6) is 5.75 Å². The quantitative estimate of drug-likeness (QED) is 0.379. The van der Waals surface area contributed by atoms with E-state index in [1.165, 1.54) is 6.20 Å². The molecule has 0 saturated heterocycles. The third-order valence-electron chi connectivity index (χ3n) is 0.991. The summed E-state index contributed by atoms with van der Waals surface area (Å²) in [6.07, 6.45) is 2.92. The fraction of sp³-hybridized carbons (Fsp3) is 0.167. The van der Waals surface area contributed by atoms with E-state index < -0.39 is 0 Å². The van der Waals surface area contributed by atoms with Crippen molar-refractivity contribution in [1.29, 1.82) is 0 Å². The Labute approximate surface area is 96.7 Å². The summed E-state index contributed by atoms with van der Waals surface area (Å²) in [5, 5.41) is 10.6. The van der Waals surface area contributed by atoms with Gasteiger partial charge in [-0.3, -0.25) is 4.98 Å². The van der Waals surface area contributed by atoms with Crippen LogP contribution in [0.1, 0.15) is 5.56 Å². The number of nitrogens with zero attached hydrogens (tertiary/aromatic N) is 1. The maximum atomic E-state index is 10.6. The first kappa shape index (κ1) is 9.59. The molecule has 1 heterocycles. The van der Waals surface area contributed by atoms with E-state index in [4.69, 9.17) is 0 Å². The third-order valence-corrected chi connectivity index (χ3v) is 0.991. The van der Waals surface area contributed by atoms with Crippen LogP contribution < -0.4 is 56.5 Å². The number of aryl methyl sites for hydroxylation is 1. The molecule has 0 aromatic carbocycles. The van der Waals surface area contributed by atoms with Crippen LogP contribution in [0.2, 0.25) is 0 Å². The number of aromatic nitrogens is 1. The van der Waals surface area contributed by atoms with Crippen molar-refractivity contribution in [3.05, 3.63) is 24.0 Å². The maximum absolute atomic E-state index is 10.6. The number of hydrogen-bond donors (Lipinski definition) is 0. The first-order valence-corrected chi connectivity index (χ1v) is 2.38. The number of hydrogen-bond acceptors (Lipinski definition) is 2. The summed E-state index contributed by atoms with van der Waals surface area (Å²) in [5.41, 5.74) is 0.750. The molecule has 0 amide bonds. The van der Waals surface area contributed by atoms with Gasteiger partial charge in [-0.15, -0.1) is 0 Å². The van der Waals surface area contributed by atoms with Crippen LogP contribution >= 0.6 is 0 Å². The Hall–Kier alpha value is 0.586. The Balaban J connectivity index is 0.000000640. The summed E-state index contributed by atoms with van der Waals surface area (Å²) >= 11 is 0. The molecule has 2 nitrogen and oxygen atoms in total. The van der Waals surface area contributed by atoms with Crippen LogP contribution in [-0.4, -0.2) is 4.98 Å². The third kappa shape index (κ3) is 2.77. The molecule has 1 aromatic rings. The van der Waals surface area contributed by atoms with Crippen molar-refractivity contribution in [1.82, 2.24) is 4.98 Å². The molecule has 0 aliphatic heterocycles. The van der Waals surface area contributed by atoms with Crippen molar-refractivity contribution in [2.45, 2.75) is 6.92 Å². The second kappa shape index (κ2) is 4.41. The Morgan fingerprint density at radius 2 is 2.22 bits per heavy atom. The molecule has 0 aliphatic carbocycles. The summed E-state index contributed by atoms with van der Waals surface area (Å²) in [6.45, 7) is 1.77. The van der Waals surface area contributed by atoms with Crippen LogP contribution in [0.3, 0.4) is 0 Å². The molecule has 1 rings (SSSR count). The normalized spacial score (nSPS) is 8.11. The van der Waals surface area contributed by atoms with E-state index in [1.807, 2.05) is 0 Å². The molecule has 0 N–H and O–H groups in total. The van der Waals surface area contributed by atoms with E-state index in [1.54, 1.807) is 19.2 Å². The Kier molecular flexibility index (Phi) is 4.70. The van der Waals surface area contributed by atoms with Crippen LogP contribution in [0, 0.1) is 6.92 Å². The van der Waals surface area contributed by atoms with Crippen molar-refractivity contribution >= 4 is 0 Å². The second-order valence-corrected chi connectivity index (χ2v) is 1.64. The monoisotopic (exact) mass is 147 g/mol. The SMILES string of the molecule is Cc1ccncc1[O-].[K+]. The first-order chi connectivity index (χ1) is 3.80. The molecule has 1 aromatic heterocycles. The van der Waals surface area contributed by atoms with Gasteiger partial charge in [0.05, 0.1) is 0 Å². The molecule has 0 fully saturated rings. The average molecular weight is 147 g/mol. The zero-order chi connectivity index (χ0) is 5.98. The van der Waals surface area contributed by atoms with Gasteiger partial charge < -0.3 is 5.11 Å². The smallest absolute Gasteiger partial charge is 0.871 e. The topological polar surface area (TPSA) is 36.0 Å². The van der Waals surface area contributed by atoms with E-state index in [0.29, 0.717) is 0 Å². The van der Waals surface area contributed by atoms with Crippen molar-refractivity contribution in [2.75, 3.05) is 0 Å². The minimum Gasteiger partial charge on any atom is -0.871 e. The molecule has 3 heteroatoms. The van der Waals surface area contributed by atoms with Gasteiger partial charge in [-0.2, -0.15) is 0 Å². The van der Waals surface area contributed by atoms with Crippen LogP contribution in [-0.2, 0) is 0 Å². The molecular formula is C6H6KNO. The predicted molar refractivity (Wildman–Crippen MR) is 28.4 cm³/mol. The minimum atomic E-state index is 0. The van der Waals surface area contributed by atoms with Gasteiger partial charge in [0.2, 0.25) is 0 Å². The van der Waals surface area contributed by atoms with Gasteiger partial charge in [0.25, 0.3) is 0 Å². The van der Waals surface area contributed by atoms with Crippen molar-refractivity contribution in [2.24, 2.45) is 0 Å². The predicted octanol–water partition coefficient (Wildman–Crippen LogP) is -2.53. The van der Waals surface area contributed by atoms with Crippen molar-refractivity contribution in [3.8, 4) is 5.75 Å². The van der Waals surface area contributed by atoms with E-state index in [-0.39, 0.29) is 57.1 Å². The van der Waals surface area contributed by atoms with Crippen molar-refractivity contribution < 1.29 is 56.5 Å². The molecule has 0 saturated carbocycles. The van der Waals surface area contributed by atoms with Gasteiger partial charge in [0.1, 0.15) is 0 Å². The summed E-state index contributed by atoms with van der Waals surface area (Å²) in [4.78, 5) is 3.63. The molecule has 0 unspecified atom stereocenters. The fourth-order valence-corrected chi connectivity index (χ4v) is 0.450. The van der Waals surface area contributed by atoms with E-state index in [2.05, 4.69) is 4.98 Å². The van der Waals surface area contributed by atoms with Crippen LogP contribution in [0.15, 0.2) is 18.5 Å². The van der Waals surface area contributed by atoms with Gasteiger partial charge in [0.15, 0.2) is 0 Å². The van der Waals surface area contributed by atoms with Gasteiger partial charge >= 0.3 is 51.4 Å². The number of pyridine rings is 1. The molecule has 9 heavy (non-hydrogen) atoms. The van der Waals surface area contributed by atoms with Crippen molar-refractivity contribution in [3.63, 3.8) is 0 Å². The fourth-order valence-electron chi connectivity index (χ4n) is 0.450. The van der Waals surface area contributed by atoms with Gasteiger partial charge in [-0.1, -0.05) is 11.3 Å². The Bertz CT molecular complexity index is 169. The maximum Gasteiger partial charge on any atom is 1.00 e. The minimum absolute atomic E-state index is 0. The van der Waals surface area contributed by atoms with E-state index >= 15 is 0 Å². The molecule has 0 aliphatic rings. The molecule has 0 spiro atoms. The zero-order valence-corrected chi connectivity index (χ0v) is 8.71. The summed E-state index contributed by atoms with van der Waals surface area (Å²) in [5.74, 6) is 0.00694. The van der Waals surface area contributed by atoms with Crippen LogP contribution in [0.25, 0.3) is 0 Å². The summed E-state index contributed by atoms with van der Waals surface area (Å²) < 4.78 is 0. The molecule has 0 bridgehead atoms. The Morgan fingerprint density at radius 3 is 2.56 bits per heavy atom. The molecular weight excluding hydrogens is 141 g/mol. The summed E-state index contributed by atoms with van der Waals surface area (Å²) in [7, 11) is 0. The van der Waals surface area contributed by atoms with Gasteiger partial charge in [-0.05, 0) is 13.0 Å². The van der Waals surface area contributed by atoms with E-state index in [9.17, 15) is 5.11 Å². The van der Waals surface area contributed by atoms with Gasteiger partial charge in [0, 0.05) is 12.4 Å². The van der Waals surface area contributed by atoms with Crippen LogP contribution in [0.4, 0.5) is 0 Å². The summed E-state index contributed by atoms with van der Waals surface area (Å²) in [6, 6.07) is 1.70. The Morgan fingerprint density at radius 1 is 1.56 bits per heavy atom. The largest absolute Gasteiger partial charge is 1.00 e. The molecule has 0 radical (unpaired) electrons. The zero-order valence-electron chi connectivity index (χ0n) is 5.59.